The number of carboxylic acid groups (broad SMARTS) is 1. The third-order valence-corrected chi connectivity index (χ3v) is 2.67. The molecule has 6 heteroatoms. The maximum Gasteiger partial charge on any atom is 0.328 e. The van der Waals surface area contributed by atoms with Crippen LogP contribution in [-0.4, -0.2) is 41.3 Å². The van der Waals surface area contributed by atoms with Gasteiger partial charge in [-0.2, -0.15) is 0 Å². The SMILES string of the molecule is CCCCOc1ccccc1C(=O)N[C@@H](CO)C(=O)O. The number of carboxylic acids is 1. The van der Waals surface area contributed by atoms with E-state index < -0.39 is 24.5 Å². The van der Waals surface area contributed by atoms with Crippen LogP contribution in [0.15, 0.2) is 24.3 Å². The van der Waals surface area contributed by atoms with Gasteiger partial charge in [0, 0.05) is 0 Å². The van der Waals surface area contributed by atoms with Crippen molar-refractivity contribution < 1.29 is 24.5 Å². The van der Waals surface area contributed by atoms with Crippen LogP contribution in [0.2, 0.25) is 0 Å². The zero-order valence-corrected chi connectivity index (χ0v) is 11.3. The average molecular weight is 281 g/mol. The fourth-order valence-corrected chi connectivity index (χ4v) is 1.53. The first-order valence-corrected chi connectivity index (χ1v) is 6.46. The molecule has 0 spiro atoms. The molecule has 1 amide bonds. The van der Waals surface area contributed by atoms with E-state index in [0.717, 1.165) is 12.8 Å². The topological polar surface area (TPSA) is 95.9 Å². The highest BCUT2D eigenvalue weighted by Gasteiger charge is 2.21. The van der Waals surface area contributed by atoms with Crippen molar-refractivity contribution in [3.63, 3.8) is 0 Å². The number of aliphatic hydroxyl groups excluding tert-OH is 1. The van der Waals surface area contributed by atoms with Crippen LogP contribution in [-0.2, 0) is 4.79 Å². The minimum atomic E-state index is -1.33. The van der Waals surface area contributed by atoms with Crippen LogP contribution in [0.3, 0.4) is 0 Å². The van der Waals surface area contributed by atoms with Crippen molar-refractivity contribution in [3.8, 4) is 5.75 Å². The number of aliphatic carboxylic acids is 1. The molecule has 0 unspecified atom stereocenters. The van der Waals surface area contributed by atoms with E-state index >= 15 is 0 Å². The Morgan fingerprint density at radius 3 is 2.65 bits per heavy atom. The largest absolute Gasteiger partial charge is 0.493 e. The summed E-state index contributed by atoms with van der Waals surface area (Å²) in [5.41, 5.74) is 0.253. The monoisotopic (exact) mass is 281 g/mol. The number of nitrogens with one attached hydrogen (secondary N) is 1. The van der Waals surface area contributed by atoms with E-state index in [2.05, 4.69) is 5.32 Å². The number of hydrogen-bond acceptors (Lipinski definition) is 4. The fraction of sp³-hybridized carbons (Fsp3) is 0.429. The lowest BCUT2D eigenvalue weighted by atomic mass is 10.1. The van der Waals surface area contributed by atoms with Gasteiger partial charge in [0.2, 0.25) is 0 Å². The standard InChI is InChI=1S/C14H19NO5/c1-2-3-8-20-12-7-5-4-6-10(12)13(17)15-11(9-16)14(18)19/h4-7,11,16H,2-3,8-9H2,1H3,(H,15,17)(H,18,19)/t11-/m0/s1. The number of para-hydroxylation sites is 1. The molecule has 0 aliphatic carbocycles. The molecule has 1 aromatic carbocycles. The second-order valence-electron chi connectivity index (χ2n) is 4.25. The third kappa shape index (κ3) is 4.55. The summed E-state index contributed by atoms with van der Waals surface area (Å²) in [5.74, 6) is -1.47. The van der Waals surface area contributed by atoms with E-state index in [0.29, 0.717) is 12.4 Å². The third-order valence-electron chi connectivity index (χ3n) is 2.67. The van der Waals surface area contributed by atoms with E-state index in [4.69, 9.17) is 14.9 Å². The fourth-order valence-electron chi connectivity index (χ4n) is 1.53. The van der Waals surface area contributed by atoms with Crippen molar-refractivity contribution >= 4 is 11.9 Å². The molecule has 0 bridgehead atoms. The first-order chi connectivity index (χ1) is 9.60. The van der Waals surface area contributed by atoms with Crippen LogP contribution >= 0.6 is 0 Å². The Kier molecular flexibility index (Phi) is 6.52. The average Bonchev–Trinajstić information content (AvgIpc) is 2.45. The van der Waals surface area contributed by atoms with Crippen molar-refractivity contribution in [2.45, 2.75) is 25.8 Å². The molecule has 3 N–H and O–H groups in total. The molecular formula is C14H19NO5. The molecule has 1 atom stereocenters. The molecule has 110 valence electrons. The Labute approximate surface area is 117 Å². The van der Waals surface area contributed by atoms with E-state index in [1.54, 1.807) is 24.3 Å². The zero-order valence-electron chi connectivity index (χ0n) is 11.3. The molecule has 6 nitrogen and oxygen atoms in total. The predicted molar refractivity (Wildman–Crippen MR) is 72.8 cm³/mol. The molecular weight excluding hydrogens is 262 g/mol. The van der Waals surface area contributed by atoms with Crippen molar-refractivity contribution in [1.29, 1.82) is 0 Å². The zero-order chi connectivity index (χ0) is 15.0. The van der Waals surface area contributed by atoms with Crippen LogP contribution in [0.4, 0.5) is 0 Å². The molecule has 20 heavy (non-hydrogen) atoms. The van der Waals surface area contributed by atoms with E-state index in [9.17, 15) is 9.59 Å². The maximum absolute atomic E-state index is 12.0. The lowest BCUT2D eigenvalue weighted by Crippen LogP contribution is -2.43. The van der Waals surface area contributed by atoms with Crippen molar-refractivity contribution in [3.05, 3.63) is 29.8 Å². The van der Waals surface area contributed by atoms with E-state index in [1.807, 2.05) is 6.92 Å². The molecule has 0 aliphatic heterocycles. The van der Waals surface area contributed by atoms with Gasteiger partial charge in [0.05, 0.1) is 18.8 Å². The highest BCUT2D eigenvalue weighted by Crippen LogP contribution is 2.18. The summed E-state index contributed by atoms with van der Waals surface area (Å²) >= 11 is 0. The highest BCUT2D eigenvalue weighted by atomic mass is 16.5. The molecule has 1 aromatic rings. The number of ether oxygens (including phenoxy) is 1. The number of aliphatic hydroxyl groups is 1. The minimum absolute atomic E-state index is 0.253. The number of amides is 1. The molecule has 0 aliphatic rings. The maximum atomic E-state index is 12.0. The number of benzene rings is 1. The Bertz CT molecular complexity index is 461. The summed E-state index contributed by atoms with van der Waals surface area (Å²) in [6, 6.07) is 5.27. The van der Waals surface area contributed by atoms with Gasteiger partial charge in [-0.15, -0.1) is 0 Å². The second-order valence-corrected chi connectivity index (χ2v) is 4.25. The van der Waals surface area contributed by atoms with Crippen LogP contribution in [0.1, 0.15) is 30.1 Å². The Morgan fingerprint density at radius 2 is 2.05 bits per heavy atom. The molecule has 0 saturated heterocycles. The Morgan fingerprint density at radius 1 is 1.35 bits per heavy atom. The molecule has 0 radical (unpaired) electrons. The van der Waals surface area contributed by atoms with Crippen molar-refractivity contribution in [2.24, 2.45) is 0 Å². The summed E-state index contributed by atoms with van der Waals surface area (Å²) < 4.78 is 5.50. The van der Waals surface area contributed by atoms with E-state index in [1.165, 1.54) is 0 Å². The summed E-state index contributed by atoms with van der Waals surface area (Å²) in [4.78, 5) is 22.8. The summed E-state index contributed by atoms with van der Waals surface area (Å²) in [6.45, 7) is 1.85. The number of carbonyl (C=O) groups is 2. The Hall–Kier alpha value is -2.08. The minimum Gasteiger partial charge on any atom is -0.493 e. The summed E-state index contributed by atoms with van der Waals surface area (Å²) in [5, 5.41) is 20.0. The van der Waals surface area contributed by atoms with Crippen molar-refractivity contribution in [2.75, 3.05) is 13.2 Å². The quantitative estimate of drug-likeness (QED) is 0.619. The van der Waals surface area contributed by atoms with Crippen LogP contribution in [0.25, 0.3) is 0 Å². The van der Waals surface area contributed by atoms with Crippen LogP contribution < -0.4 is 10.1 Å². The van der Waals surface area contributed by atoms with Gasteiger partial charge in [0.1, 0.15) is 5.75 Å². The lowest BCUT2D eigenvalue weighted by molar-refractivity contribution is -0.140. The first-order valence-electron chi connectivity index (χ1n) is 6.46. The van der Waals surface area contributed by atoms with Crippen LogP contribution in [0.5, 0.6) is 5.75 Å². The van der Waals surface area contributed by atoms with Gasteiger partial charge in [-0.25, -0.2) is 4.79 Å². The number of unbranched alkanes of at least 4 members (excludes halogenated alkanes) is 1. The van der Waals surface area contributed by atoms with Gasteiger partial charge < -0.3 is 20.3 Å². The van der Waals surface area contributed by atoms with E-state index in [-0.39, 0.29) is 5.56 Å². The van der Waals surface area contributed by atoms with Gasteiger partial charge in [0.25, 0.3) is 5.91 Å². The predicted octanol–water partition coefficient (Wildman–Crippen LogP) is 1.04. The van der Waals surface area contributed by atoms with Gasteiger partial charge in [-0.05, 0) is 18.6 Å². The van der Waals surface area contributed by atoms with Gasteiger partial charge in [-0.3, -0.25) is 4.79 Å². The number of rotatable bonds is 8. The molecule has 0 aromatic heterocycles. The number of carbonyl (C=O) groups excluding carboxylic acids is 1. The first kappa shape index (κ1) is 16.0. The molecule has 1 rings (SSSR count). The molecule has 0 fully saturated rings. The normalized spacial score (nSPS) is 11.7. The Balaban J connectivity index is 2.78. The lowest BCUT2D eigenvalue weighted by Gasteiger charge is -2.14. The molecule has 0 heterocycles. The van der Waals surface area contributed by atoms with Crippen molar-refractivity contribution in [1.82, 2.24) is 5.32 Å². The van der Waals surface area contributed by atoms with Crippen LogP contribution in [0, 0.1) is 0 Å². The van der Waals surface area contributed by atoms with Gasteiger partial charge in [-0.1, -0.05) is 25.5 Å². The van der Waals surface area contributed by atoms with Gasteiger partial charge >= 0.3 is 5.97 Å². The summed E-state index contributed by atoms with van der Waals surface area (Å²) in [6.07, 6.45) is 1.84. The molecule has 0 saturated carbocycles. The summed E-state index contributed by atoms with van der Waals surface area (Å²) in [7, 11) is 0. The number of hydrogen-bond donors (Lipinski definition) is 3. The highest BCUT2D eigenvalue weighted by molar-refractivity contribution is 5.98. The second kappa shape index (κ2) is 8.16. The smallest absolute Gasteiger partial charge is 0.328 e. The van der Waals surface area contributed by atoms with Gasteiger partial charge in [0.15, 0.2) is 6.04 Å².